The Morgan fingerprint density at radius 2 is 2.08 bits per heavy atom. The lowest BCUT2D eigenvalue weighted by molar-refractivity contribution is 0.0506. The third-order valence-electron chi connectivity index (χ3n) is 4.03. The lowest BCUT2D eigenvalue weighted by Crippen LogP contribution is -2.38. The Morgan fingerprint density at radius 1 is 1.28 bits per heavy atom. The van der Waals surface area contributed by atoms with E-state index >= 15 is 0 Å². The summed E-state index contributed by atoms with van der Waals surface area (Å²) in [6.07, 6.45) is 5.39. The van der Waals surface area contributed by atoms with Gasteiger partial charge in [0, 0.05) is 18.7 Å². The standard InChI is InChI=1S/C20H32N2O3/c1-5-6-7-8-11-21-16-9-10-18-15(12-16)13-17(24-18)14-22-19(23)25-20(2,3)4/h9-10,12,17,21H,5-8,11,13-14H2,1-4H3,(H,22,23). The molecule has 0 saturated heterocycles. The van der Waals surface area contributed by atoms with Crippen LogP contribution < -0.4 is 15.4 Å². The summed E-state index contributed by atoms with van der Waals surface area (Å²) in [4.78, 5) is 11.7. The van der Waals surface area contributed by atoms with Crippen LogP contribution in [0.3, 0.4) is 0 Å². The van der Waals surface area contributed by atoms with Gasteiger partial charge in [0.05, 0.1) is 6.54 Å². The molecule has 0 aromatic heterocycles. The average molecular weight is 348 g/mol. The third kappa shape index (κ3) is 6.85. The van der Waals surface area contributed by atoms with Crippen molar-refractivity contribution in [1.29, 1.82) is 0 Å². The highest BCUT2D eigenvalue weighted by molar-refractivity contribution is 5.67. The normalized spacial score (nSPS) is 16.1. The van der Waals surface area contributed by atoms with Crippen LogP contribution >= 0.6 is 0 Å². The van der Waals surface area contributed by atoms with Crippen LogP contribution in [0, 0.1) is 0 Å². The van der Waals surface area contributed by atoms with Crippen LogP contribution in [0.4, 0.5) is 10.5 Å². The predicted molar refractivity (Wildman–Crippen MR) is 101 cm³/mol. The molecule has 2 rings (SSSR count). The molecule has 5 heteroatoms. The van der Waals surface area contributed by atoms with Crippen molar-refractivity contribution in [2.75, 3.05) is 18.4 Å². The Hall–Kier alpha value is -1.91. The molecule has 1 aromatic carbocycles. The van der Waals surface area contributed by atoms with Crippen molar-refractivity contribution in [1.82, 2.24) is 5.32 Å². The second-order valence-electron chi connectivity index (χ2n) is 7.64. The van der Waals surface area contributed by atoms with Crippen LogP contribution in [-0.2, 0) is 11.2 Å². The van der Waals surface area contributed by atoms with Gasteiger partial charge in [-0.2, -0.15) is 0 Å². The van der Waals surface area contributed by atoms with Gasteiger partial charge in [-0.15, -0.1) is 0 Å². The largest absolute Gasteiger partial charge is 0.488 e. The highest BCUT2D eigenvalue weighted by Gasteiger charge is 2.24. The lowest BCUT2D eigenvalue weighted by Gasteiger charge is -2.20. The summed E-state index contributed by atoms with van der Waals surface area (Å²) in [5.41, 5.74) is 1.84. The fourth-order valence-electron chi connectivity index (χ4n) is 2.84. The third-order valence-corrected chi connectivity index (χ3v) is 4.03. The molecule has 1 aliphatic heterocycles. The minimum absolute atomic E-state index is 0.0395. The maximum atomic E-state index is 11.7. The molecule has 0 aliphatic carbocycles. The van der Waals surface area contributed by atoms with E-state index in [-0.39, 0.29) is 6.10 Å². The molecule has 2 N–H and O–H groups in total. The van der Waals surface area contributed by atoms with Crippen LogP contribution in [0.15, 0.2) is 18.2 Å². The molecule has 1 aromatic rings. The van der Waals surface area contributed by atoms with Gasteiger partial charge in [0.25, 0.3) is 0 Å². The Morgan fingerprint density at radius 3 is 2.80 bits per heavy atom. The number of nitrogens with one attached hydrogen (secondary N) is 2. The summed E-state index contributed by atoms with van der Waals surface area (Å²) in [6, 6.07) is 6.22. The average Bonchev–Trinajstić information content (AvgIpc) is 2.93. The topological polar surface area (TPSA) is 59.6 Å². The zero-order valence-electron chi connectivity index (χ0n) is 16.0. The number of carbonyl (C=O) groups is 1. The van der Waals surface area contributed by atoms with Crippen LogP contribution in [0.1, 0.15) is 58.9 Å². The first-order valence-electron chi connectivity index (χ1n) is 9.37. The number of hydrogen-bond acceptors (Lipinski definition) is 4. The SMILES string of the molecule is CCCCCCNc1ccc2c(c1)CC(CNC(=O)OC(C)(C)C)O2. The van der Waals surface area contributed by atoms with Gasteiger partial charge in [0.2, 0.25) is 0 Å². The minimum Gasteiger partial charge on any atom is -0.488 e. The van der Waals surface area contributed by atoms with E-state index < -0.39 is 11.7 Å². The molecule has 0 saturated carbocycles. The van der Waals surface area contributed by atoms with Gasteiger partial charge in [-0.25, -0.2) is 4.79 Å². The number of anilines is 1. The van der Waals surface area contributed by atoms with Gasteiger partial charge >= 0.3 is 6.09 Å². The molecule has 0 spiro atoms. The maximum Gasteiger partial charge on any atom is 0.407 e. The molecule has 1 heterocycles. The first-order chi connectivity index (χ1) is 11.9. The molecular formula is C20H32N2O3. The molecule has 5 nitrogen and oxygen atoms in total. The van der Waals surface area contributed by atoms with Crippen molar-refractivity contribution in [3.8, 4) is 5.75 Å². The van der Waals surface area contributed by atoms with E-state index in [1.54, 1.807) is 0 Å². The van der Waals surface area contributed by atoms with E-state index in [0.717, 1.165) is 24.4 Å². The summed E-state index contributed by atoms with van der Waals surface area (Å²) in [5.74, 6) is 0.910. The van der Waals surface area contributed by atoms with Crippen LogP contribution in [-0.4, -0.2) is 30.9 Å². The number of rotatable bonds is 8. The van der Waals surface area contributed by atoms with Crippen molar-refractivity contribution < 1.29 is 14.3 Å². The number of unbranched alkanes of at least 4 members (excludes halogenated alkanes) is 3. The van der Waals surface area contributed by atoms with E-state index in [1.165, 1.54) is 31.2 Å². The lowest BCUT2D eigenvalue weighted by atomic mass is 10.1. The molecule has 1 atom stereocenters. The zero-order chi connectivity index (χ0) is 18.3. The molecule has 0 fully saturated rings. The smallest absolute Gasteiger partial charge is 0.407 e. The fraction of sp³-hybridized carbons (Fsp3) is 0.650. The predicted octanol–water partition coefficient (Wildman–Crippen LogP) is 4.51. The van der Waals surface area contributed by atoms with Gasteiger partial charge in [-0.05, 0) is 51.0 Å². The molecular weight excluding hydrogens is 316 g/mol. The Balaban J connectivity index is 1.75. The van der Waals surface area contributed by atoms with Crippen molar-refractivity contribution >= 4 is 11.8 Å². The minimum atomic E-state index is -0.485. The molecule has 1 amide bonds. The number of hydrogen-bond donors (Lipinski definition) is 2. The zero-order valence-corrected chi connectivity index (χ0v) is 16.0. The van der Waals surface area contributed by atoms with Crippen molar-refractivity contribution in [3.05, 3.63) is 23.8 Å². The maximum absolute atomic E-state index is 11.7. The van der Waals surface area contributed by atoms with Crippen molar-refractivity contribution in [2.45, 2.75) is 71.5 Å². The number of ether oxygens (including phenoxy) is 2. The Labute approximate surface area is 151 Å². The second-order valence-corrected chi connectivity index (χ2v) is 7.64. The molecule has 140 valence electrons. The van der Waals surface area contributed by atoms with Crippen molar-refractivity contribution in [3.63, 3.8) is 0 Å². The molecule has 25 heavy (non-hydrogen) atoms. The summed E-state index contributed by atoms with van der Waals surface area (Å²) in [6.45, 7) is 9.23. The summed E-state index contributed by atoms with van der Waals surface area (Å²) in [7, 11) is 0. The molecule has 0 radical (unpaired) electrons. The van der Waals surface area contributed by atoms with Gasteiger partial charge in [-0.3, -0.25) is 0 Å². The van der Waals surface area contributed by atoms with E-state index in [2.05, 4.69) is 29.7 Å². The van der Waals surface area contributed by atoms with E-state index in [0.29, 0.717) is 6.54 Å². The molecule has 1 aliphatic rings. The highest BCUT2D eigenvalue weighted by atomic mass is 16.6. The first kappa shape index (κ1) is 19.4. The Kier molecular flexibility index (Phi) is 6.97. The molecule has 1 unspecified atom stereocenters. The fourth-order valence-corrected chi connectivity index (χ4v) is 2.84. The first-order valence-corrected chi connectivity index (χ1v) is 9.37. The number of fused-ring (bicyclic) bond motifs is 1. The van der Waals surface area contributed by atoms with Crippen molar-refractivity contribution in [2.24, 2.45) is 0 Å². The highest BCUT2D eigenvalue weighted by Crippen LogP contribution is 2.31. The quantitative estimate of drug-likeness (QED) is 0.679. The van der Waals surface area contributed by atoms with Crippen LogP contribution in [0.2, 0.25) is 0 Å². The van der Waals surface area contributed by atoms with Gasteiger partial charge in [-0.1, -0.05) is 26.2 Å². The summed E-state index contributed by atoms with van der Waals surface area (Å²) in [5, 5.41) is 6.26. The summed E-state index contributed by atoms with van der Waals surface area (Å²) >= 11 is 0. The van der Waals surface area contributed by atoms with E-state index in [1.807, 2.05) is 26.8 Å². The molecule has 0 bridgehead atoms. The number of carbonyl (C=O) groups excluding carboxylic acids is 1. The summed E-state index contributed by atoms with van der Waals surface area (Å²) < 4.78 is 11.2. The Bertz CT molecular complexity index is 567. The van der Waals surface area contributed by atoms with Gasteiger partial charge in [0.15, 0.2) is 0 Å². The van der Waals surface area contributed by atoms with E-state index in [9.17, 15) is 4.79 Å². The van der Waals surface area contributed by atoms with Gasteiger partial charge < -0.3 is 20.1 Å². The second kappa shape index (κ2) is 8.97. The van der Waals surface area contributed by atoms with Crippen LogP contribution in [0.25, 0.3) is 0 Å². The number of amides is 1. The van der Waals surface area contributed by atoms with E-state index in [4.69, 9.17) is 9.47 Å². The number of alkyl carbamates (subject to hydrolysis) is 1. The number of benzene rings is 1. The monoisotopic (exact) mass is 348 g/mol. The van der Waals surface area contributed by atoms with Crippen LogP contribution in [0.5, 0.6) is 5.75 Å². The van der Waals surface area contributed by atoms with Gasteiger partial charge in [0.1, 0.15) is 17.5 Å².